The molecule has 1 saturated carbocycles. The average molecular weight is 400 g/mol. The number of pyridine rings is 1. The van der Waals surface area contributed by atoms with Crippen molar-refractivity contribution in [1.82, 2.24) is 14.8 Å². The van der Waals surface area contributed by atoms with Crippen LogP contribution in [0.4, 0.5) is 20.3 Å². The lowest BCUT2D eigenvalue weighted by atomic mass is 9.89. The molecule has 1 aliphatic heterocycles. The number of hydrogen-bond donors (Lipinski definition) is 1. The van der Waals surface area contributed by atoms with Crippen LogP contribution in [0.5, 0.6) is 0 Å². The van der Waals surface area contributed by atoms with Crippen molar-refractivity contribution in [2.24, 2.45) is 5.41 Å². The minimum atomic E-state index is -2.80. The molecule has 1 spiro atoms. The summed E-state index contributed by atoms with van der Waals surface area (Å²) >= 11 is 0. The first-order valence-corrected chi connectivity index (χ1v) is 9.19. The highest BCUT2D eigenvalue weighted by Gasteiger charge is 2.63. The van der Waals surface area contributed by atoms with Crippen LogP contribution in [-0.2, 0) is 11.3 Å². The van der Waals surface area contributed by atoms with Gasteiger partial charge in [-0.3, -0.25) is 9.59 Å². The predicted molar refractivity (Wildman–Crippen MR) is 99.5 cm³/mol. The second-order valence-corrected chi connectivity index (χ2v) is 7.44. The van der Waals surface area contributed by atoms with Crippen molar-refractivity contribution < 1.29 is 13.6 Å². The van der Waals surface area contributed by atoms with Gasteiger partial charge in [-0.1, -0.05) is 0 Å². The summed E-state index contributed by atoms with van der Waals surface area (Å²) in [4.78, 5) is 29.6. The monoisotopic (exact) mass is 400 g/mol. The van der Waals surface area contributed by atoms with Crippen LogP contribution in [0, 0.1) is 16.7 Å². The first-order chi connectivity index (χ1) is 13.8. The van der Waals surface area contributed by atoms with E-state index in [1.807, 2.05) is 6.07 Å². The predicted octanol–water partition coefficient (Wildman–Crippen LogP) is 1.77. The molecule has 0 aromatic carbocycles. The van der Waals surface area contributed by atoms with E-state index in [1.54, 1.807) is 0 Å². The zero-order valence-corrected chi connectivity index (χ0v) is 15.4. The van der Waals surface area contributed by atoms with E-state index in [2.05, 4.69) is 15.4 Å². The first-order valence-electron chi connectivity index (χ1n) is 9.19. The standard InChI is InChI=1S/C19H18F2N6O2/c20-19(21)12-26(8-7-18(19)5-6-18)15-3-4-17(29)27(25-15)11-16(28)24-14-2-1-13(9-22)23-10-14/h1-4,10H,5-8,11-12H2,(H,24,28). The van der Waals surface area contributed by atoms with Gasteiger partial charge in [-0.25, -0.2) is 18.4 Å². The number of carbonyl (C=O) groups excluding carboxylic acids is 1. The van der Waals surface area contributed by atoms with Crippen LogP contribution in [0.1, 0.15) is 25.0 Å². The molecule has 0 unspecified atom stereocenters. The Bertz CT molecular complexity index is 1040. The molecule has 3 heterocycles. The van der Waals surface area contributed by atoms with Gasteiger partial charge in [0.05, 0.1) is 18.4 Å². The lowest BCUT2D eigenvalue weighted by molar-refractivity contribution is -0.117. The van der Waals surface area contributed by atoms with E-state index in [9.17, 15) is 18.4 Å². The highest BCUT2D eigenvalue weighted by Crippen LogP contribution is 2.61. The van der Waals surface area contributed by atoms with Gasteiger partial charge < -0.3 is 10.2 Å². The van der Waals surface area contributed by atoms with Crippen molar-refractivity contribution in [3.63, 3.8) is 0 Å². The van der Waals surface area contributed by atoms with Gasteiger partial charge in [-0.2, -0.15) is 10.4 Å². The van der Waals surface area contributed by atoms with Gasteiger partial charge in [-0.15, -0.1) is 0 Å². The highest BCUT2D eigenvalue weighted by atomic mass is 19.3. The van der Waals surface area contributed by atoms with Crippen molar-refractivity contribution in [3.8, 4) is 6.07 Å². The fraction of sp³-hybridized carbons (Fsp3) is 0.421. The molecule has 150 valence electrons. The van der Waals surface area contributed by atoms with Gasteiger partial charge in [0.25, 0.3) is 11.5 Å². The fourth-order valence-electron chi connectivity index (χ4n) is 3.57. The molecule has 0 atom stereocenters. The lowest BCUT2D eigenvalue weighted by Crippen LogP contribution is -2.50. The number of nitrogens with one attached hydrogen (secondary N) is 1. The van der Waals surface area contributed by atoms with Crippen molar-refractivity contribution >= 4 is 17.4 Å². The molecule has 2 fully saturated rings. The number of carbonyl (C=O) groups is 1. The van der Waals surface area contributed by atoms with Crippen LogP contribution < -0.4 is 15.8 Å². The molecule has 8 nitrogen and oxygen atoms in total. The molecular weight excluding hydrogens is 382 g/mol. The van der Waals surface area contributed by atoms with Crippen LogP contribution in [0.3, 0.4) is 0 Å². The maximum Gasteiger partial charge on any atom is 0.270 e. The molecule has 1 amide bonds. The average Bonchev–Trinajstić information content (AvgIpc) is 3.48. The SMILES string of the molecule is N#Cc1ccc(NC(=O)Cn2nc(N3CCC4(CC4)C(F)(F)C3)ccc2=O)cn1. The molecule has 2 aromatic rings. The molecule has 1 aliphatic carbocycles. The molecule has 29 heavy (non-hydrogen) atoms. The van der Waals surface area contributed by atoms with E-state index in [0.717, 1.165) is 4.68 Å². The van der Waals surface area contributed by atoms with Crippen molar-refractivity contribution in [3.05, 3.63) is 46.5 Å². The highest BCUT2D eigenvalue weighted by molar-refractivity contribution is 5.90. The summed E-state index contributed by atoms with van der Waals surface area (Å²) in [6.45, 7) is -0.383. The third kappa shape index (κ3) is 3.68. The van der Waals surface area contributed by atoms with Gasteiger partial charge >= 0.3 is 0 Å². The molecule has 1 N–H and O–H groups in total. The summed E-state index contributed by atoms with van der Waals surface area (Å²) in [6, 6.07) is 7.46. The number of piperidine rings is 1. The molecule has 0 bridgehead atoms. The lowest BCUT2D eigenvalue weighted by Gasteiger charge is -2.39. The van der Waals surface area contributed by atoms with Gasteiger partial charge in [0.1, 0.15) is 24.1 Å². The summed E-state index contributed by atoms with van der Waals surface area (Å²) in [5.74, 6) is -3.08. The van der Waals surface area contributed by atoms with Gasteiger partial charge in [-0.05, 0) is 37.5 Å². The maximum atomic E-state index is 14.4. The molecule has 10 heteroatoms. The number of nitrogens with zero attached hydrogens (tertiary/aromatic N) is 5. The quantitative estimate of drug-likeness (QED) is 0.839. The Kier molecular flexibility index (Phi) is 4.53. The summed E-state index contributed by atoms with van der Waals surface area (Å²) in [5, 5.41) is 15.4. The largest absolute Gasteiger partial charge is 0.349 e. The van der Waals surface area contributed by atoms with E-state index < -0.39 is 29.3 Å². The zero-order chi connectivity index (χ0) is 20.6. The summed E-state index contributed by atoms with van der Waals surface area (Å²) in [7, 11) is 0. The normalized spacial score (nSPS) is 18.9. The minimum absolute atomic E-state index is 0.208. The third-order valence-electron chi connectivity index (χ3n) is 5.51. The Morgan fingerprint density at radius 2 is 2.03 bits per heavy atom. The Balaban J connectivity index is 1.46. The third-order valence-corrected chi connectivity index (χ3v) is 5.51. The van der Waals surface area contributed by atoms with E-state index in [0.29, 0.717) is 31.5 Å². The van der Waals surface area contributed by atoms with E-state index in [-0.39, 0.29) is 18.1 Å². The Morgan fingerprint density at radius 1 is 1.24 bits per heavy atom. The summed E-state index contributed by atoms with van der Waals surface area (Å²) < 4.78 is 29.8. The Hall–Kier alpha value is -3.35. The van der Waals surface area contributed by atoms with Crippen LogP contribution in [0.15, 0.2) is 35.3 Å². The second kappa shape index (κ2) is 6.92. The minimum Gasteiger partial charge on any atom is -0.349 e. The molecule has 2 aliphatic rings. The van der Waals surface area contributed by atoms with Crippen molar-refractivity contribution in [1.29, 1.82) is 5.26 Å². The zero-order valence-electron chi connectivity index (χ0n) is 15.4. The van der Waals surface area contributed by atoms with Crippen LogP contribution in [0.2, 0.25) is 0 Å². The number of aromatic nitrogens is 3. The molecule has 4 rings (SSSR count). The Labute approximate surface area is 164 Å². The first kappa shape index (κ1) is 19.0. The fourth-order valence-corrected chi connectivity index (χ4v) is 3.57. The number of alkyl halides is 2. The van der Waals surface area contributed by atoms with Gasteiger partial charge in [0.2, 0.25) is 5.91 Å². The number of hydrogen-bond acceptors (Lipinski definition) is 6. The van der Waals surface area contributed by atoms with E-state index in [4.69, 9.17) is 5.26 Å². The number of amides is 1. The summed E-state index contributed by atoms with van der Waals surface area (Å²) in [6.07, 6.45) is 2.80. The molecular formula is C19H18F2N6O2. The van der Waals surface area contributed by atoms with Gasteiger partial charge in [0, 0.05) is 18.0 Å². The number of halogens is 2. The van der Waals surface area contributed by atoms with Gasteiger partial charge in [0.15, 0.2) is 0 Å². The number of anilines is 2. The van der Waals surface area contributed by atoms with E-state index >= 15 is 0 Å². The van der Waals surface area contributed by atoms with E-state index in [1.165, 1.54) is 35.4 Å². The smallest absolute Gasteiger partial charge is 0.270 e. The maximum absolute atomic E-state index is 14.4. The molecule has 0 radical (unpaired) electrons. The van der Waals surface area contributed by atoms with Crippen LogP contribution >= 0.6 is 0 Å². The molecule has 2 aromatic heterocycles. The Morgan fingerprint density at radius 3 is 2.66 bits per heavy atom. The summed E-state index contributed by atoms with van der Waals surface area (Å²) in [5.41, 5.74) is -0.805. The number of rotatable bonds is 4. The topological polar surface area (TPSA) is 104 Å². The second-order valence-electron chi connectivity index (χ2n) is 7.44. The number of nitriles is 1. The van der Waals surface area contributed by atoms with Crippen LogP contribution in [0.25, 0.3) is 0 Å². The van der Waals surface area contributed by atoms with Crippen LogP contribution in [-0.4, -0.2) is 39.7 Å². The van der Waals surface area contributed by atoms with Crippen molar-refractivity contribution in [2.45, 2.75) is 31.7 Å². The van der Waals surface area contributed by atoms with Crippen molar-refractivity contribution in [2.75, 3.05) is 23.3 Å². The molecule has 1 saturated heterocycles.